The van der Waals surface area contributed by atoms with Crippen LogP contribution in [0.2, 0.25) is 0 Å². The summed E-state index contributed by atoms with van der Waals surface area (Å²) in [6, 6.07) is 7.45. The number of carbonyl (C=O) groups excluding carboxylic acids is 1. The Labute approximate surface area is 182 Å². The first kappa shape index (κ1) is 23.2. The standard InChI is InChI=1S/C22H22F4N4O2/c1-4-21(13-5-10-16(28-11-13)22(24,25)26)12-30(3)20(32)17(18(21)31)19(27-2)29-15-8-6-14(23)7-9-15/h5-11,31H,4,12H2,1-3H3,(H,27,29). The highest BCUT2D eigenvalue weighted by Gasteiger charge is 2.46. The minimum Gasteiger partial charge on any atom is -0.510 e. The number of anilines is 1. The molecule has 0 saturated heterocycles. The van der Waals surface area contributed by atoms with Crippen LogP contribution < -0.4 is 5.32 Å². The molecule has 1 aliphatic rings. The quantitative estimate of drug-likeness (QED) is 0.413. The third-order valence-electron chi connectivity index (χ3n) is 5.54. The Balaban J connectivity index is 2.11. The molecule has 2 heterocycles. The molecule has 170 valence electrons. The van der Waals surface area contributed by atoms with Gasteiger partial charge in [-0.15, -0.1) is 0 Å². The number of likely N-dealkylation sites (N-methyl/N-ethyl adjacent to an activating group) is 1. The number of aromatic nitrogens is 1. The summed E-state index contributed by atoms with van der Waals surface area (Å²) in [4.78, 5) is 21.9. The van der Waals surface area contributed by atoms with Crippen molar-refractivity contribution in [1.29, 1.82) is 0 Å². The van der Waals surface area contributed by atoms with Crippen molar-refractivity contribution >= 4 is 17.4 Å². The molecule has 6 nitrogen and oxygen atoms in total. The fourth-order valence-corrected chi connectivity index (χ4v) is 3.75. The van der Waals surface area contributed by atoms with Crippen LogP contribution in [0.1, 0.15) is 24.6 Å². The van der Waals surface area contributed by atoms with Gasteiger partial charge in [-0.2, -0.15) is 13.2 Å². The highest BCUT2D eigenvalue weighted by atomic mass is 19.4. The van der Waals surface area contributed by atoms with E-state index in [0.717, 1.165) is 12.3 Å². The Bertz CT molecular complexity index is 1060. The summed E-state index contributed by atoms with van der Waals surface area (Å²) in [5, 5.41) is 14.2. The van der Waals surface area contributed by atoms with Crippen LogP contribution in [0.15, 0.2) is 58.9 Å². The molecule has 1 amide bonds. The predicted molar refractivity (Wildman–Crippen MR) is 112 cm³/mol. The molecule has 0 aliphatic carbocycles. The van der Waals surface area contributed by atoms with Crippen LogP contribution >= 0.6 is 0 Å². The van der Waals surface area contributed by atoms with Gasteiger partial charge in [0.2, 0.25) is 0 Å². The first-order valence-corrected chi connectivity index (χ1v) is 9.76. The van der Waals surface area contributed by atoms with Gasteiger partial charge in [-0.25, -0.2) is 4.39 Å². The Hall–Kier alpha value is -3.43. The number of nitrogens with zero attached hydrogens (tertiary/aromatic N) is 3. The molecular formula is C22H22F4N4O2. The Morgan fingerprint density at radius 1 is 1.25 bits per heavy atom. The van der Waals surface area contributed by atoms with E-state index >= 15 is 0 Å². The molecule has 3 rings (SSSR count). The van der Waals surface area contributed by atoms with Crippen LogP contribution in [0.4, 0.5) is 23.2 Å². The number of alkyl halides is 3. The number of hydrogen-bond acceptors (Lipinski definition) is 4. The maximum Gasteiger partial charge on any atom is 0.433 e. The van der Waals surface area contributed by atoms with Crippen molar-refractivity contribution in [2.75, 3.05) is 26.0 Å². The number of benzene rings is 1. The van der Waals surface area contributed by atoms with Crippen molar-refractivity contribution in [2.45, 2.75) is 24.9 Å². The lowest BCUT2D eigenvalue weighted by atomic mass is 9.72. The molecule has 0 spiro atoms. The second kappa shape index (κ2) is 8.60. The van der Waals surface area contributed by atoms with Crippen molar-refractivity contribution in [2.24, 2.45) is 4.99 Å². The summed E-state index contributed by atoms with van der Waals surface area (Å²) < 4.78 is 52.1. The van der Waals surface area contributed by atoms with Crippen LogP contribution in [0.3, 0.4) is 0 Å². The molecule has 32 heavy (non-hydrogen) atoms. The number of aliphatic imine (C=N–C) groups is 1. The van der Waals surface area contributed by atoms with E-state index in [1.54, 1.807) is 6.92 Å². The van der Waals surface area contributed by atoms with Gasteiger partial charge in [-0.3, -0.25) is 14.8 Å². The van der Waals surface area contributed by atoms with Crippen molar-refractivity contribution in [3.05, 3.63) is 71.0 Å². The highest BCUT2D eigenvalue weighted by molar-refractivity contribution is 6.26. The average molecular weight is 450 g/mol. The van der Waals surface area contributed by atoms with Crippen molar-refractivity contribution in [3.8, 4) is 0 Å². The van der Waals surface area contributed by atoms with E-state index in [1.807, 2.05) is 0 Å². The van der Waals surface area contributed by atoms with Crippen LogP contribution in [0.5, 0.6) is 0 Å². The van der Waals surface area contributed by atoms with Gasteiger partial charge in [0.15, 0.2) is 0 Å². The predicted octanol–water partition coefficient (Wildman–Crippen LogP) is 4.31. The van der Waals surface area contributed by atoms with E-state index in [9.17, 15) is 27.5 Å². The fourth-order valence-electron chi connectivity index (χ4n) is 3.75. The number of amides is 1. The van der Waals surface area contributed by atoms with Crippen LogP contribution in [0.25, 0.3) is 0 Å². The van der Waals surface area contributed by atoms with E-state index < -0.39 is 29.0 Å². The molecule has 1 unspecified atom stereocenters. The molecule has 0 radical (unpaired) electrons. The van der Waals surface area contributed by atoms with E-state index in [4.69, 9.17) is 0 Å². The van der Waals surface area contributed by atoms with Crippen molar-refractivity contribution in [3.63, 3.8) is 0 Å². The van der Waals surface area contributed by atoms with Gasteiger partial charge in [0, 0.05) is 32.5 Å². The zero-order valence-corrected chi connectivity index (χ0v) is 17.7. The largest absolute Gasteiger partial charge is 0.510 e. The monoisotopic (exact) mass is 450 g/mol. The summed E-state index contributed by atoms with van der Waals surface area (Å²) >= 11 is 0. The molecule has 1 aliphatic heterocycles. The van der Waals surface area contributed by atoms with Crippen LogP contribution in [0, 0.1) is 5.82 Å². The van der Waals surface area contributed by atoms with E-state index in [1.165, 1.54) is 49.3 Å². The fraction of sp³-hybridized carbons (Fsp3) is 0.318. The summed E-state index contributed by atoms with van der Waals surface area (Å²) in [5.74, 6) is -1.23. The molecule has 0 bridgehead atoms. The maximum absolute atomic E-state index is 13.2. The minimum absolute atomic E-state index is 0.0399. The lowest BCUT2D eigenvalue weighted by Gasteiger charge is -2.41. The Morgan fingerprint density at radius 3 is 2.41 bits per heavy atom. The van der Waals surface area contributed by atoms with E-state index in [-0.39, 0.29) is 30.1 Å². The Kier molecular flexibility index (Phi) is 6.25. The highest BCUT2D eigenvalue weighted by Crippen LogP contribution is 2.41. The molecule has 0 saturated carbocycles. The molecule has 10 heteroatoms. The lowest BCUT2D eigenvalue weighted by Crippen LogP contribution is -2.51. The smallest absolute Gasteiger partial charge is 0.433 e. The molecule has 0 fully saturated rings. The van der Waals surface area contributed by atoms with Gasteiger partial charge >= 0.3 is 6.18 Å². The normalized spacial score (nSPS) is 20.0. The molecule has 1 aromatic carbocycles. The second-order valence-electron chi connectivity index (χ2n) is 7.45. The number of amidine groups is 1. The Morgan fingerprint density at radius 2 is 1.91 bits per heavy atom. The lowest BCUT2D eigenvalue weighted by molar-refractivity contribution is -0.141. The minimum atomic E-state index is -4.60. The topological polar surface area (TPSA) is 77.8 Å². The molecule has 1 aromatic heterocycles. The maximum atomic E-state index is 13.2. The third-order valence-corrected chi connectivity index (χ3v) is 5.54. The number of aliphatic hydroxyl groups excluding tert-OH is 1. The van der Waals surface area contributed by atoms with Crippen LogP contribution in [-0.4, -0.2) is 47.4 Å². The summed E-state index contributed by atoms with van der Waals surface area (Å²) in [5.41, 5.74) is -1.58. The first-order valence-electron chi connectivity index (χ1n) is 9.76. The molecule has 2 N–H and O–H groups in total. The number of carbonyl (C=O) groups is 1. The van der Waals surface area contributed by atoms with Gasteiger partial charge in [-0.1, -0.05) is 13.0 Å². The van der Waals surface area contributed by atoms with Gasteiger partial charge in [0.25, 0.3) is 5.91 Å². The number of pyridine rings is 1. The molecule has 1 atom stereocenters. The number of nitrogens with one attached hydrogen (secondary N) is 1. The van der Waals surface area contributed by atoms with E-state index in [2.05, 4.69) is 15.3 Å². The van der Waals surface area contributed by atoms with Gasteiger partial charge < -0.3 is 15.3 Å². The first-order chi connectivity index (χ1) is 15.0. The summed E-state index contributed by atoms with van der Waals surface area (Å²) in [7, 11) is 2.95. The van der Waals surface area contributed by atoms with E-state index in [0.29, 0.717) is 11.3 Å². The zero-order valence-electron chi connectivity index (χ0n) is 17.7. The average Bonchev–Trinajstić information content (AvgIpc) is 2.76. The SMILES string of the molecule is CCC1(c2ccc(C(F)(F)F)nc2)CN(C)C(=O)C(C(=NC)Nc2ccc(F)cc2)=C1O. The second-order valence-corrected chi connectivity index (χ2v) is 7.45. The summed E-state index contributed by atoms with van der Waals surface area (Å²) in [6.45, 7) is 1.80. The summed E-state index contributed by atoms with van der Waals surface area (Å²) in [6.07, 6.45) is -3.25. The van der Waals surface area contributed by atoms with Gasteiger partial charge in [0.1, 0.15) is 28.7 Å². The van der Waals surface area contributed by atoms with Crippen molar-refractivity contribution < 1.29 is 27.5 Å². The van der Waals surface area contributed by atoms with Gasteiger partial charge in [-0.05, 0) is 42.3 Å². The molecule has 2 aromatic rings. The number of halogens is 4. The third kappa shape index (κ3) is 4.17. The number of hydrogen-bond donors (Lipinski definition) is 2. The zero-order chi connectivity index (χ0) is 23.7. The van der Waals surface area contributed by atoms with Gasteiger partial charge in [0.05, 0.1) is 5.41 Å². The molecular weight excluding hydrogens is 428 g/mol. The van der Waals surface area contributed by atoms with Crippen LogP contribution in [-0.2, 0) is 16.4 Å². The number of rotatable bonds is 4. The number of aliphatic hydroxyl groups is 1. The van der Waals surface area contributed by atoms with Crippen molar-refractivity contribution in [1.82, 2.24) is 9.88 Å².